The Balaban J connectivity index is 2.03. The van der Waals surface area contributed by atoms with Crippen molar-refractivity contribution in [2.24, 2.45) is 0 Å². The number of sulfonamides is 1. The molecule has 0 radical (unpaired) electrons. The summed E-state index contributed by atoms with van der Waals surface area (Å²) < 4.78 is 33.4. The van der Waals surface area contributed by atoms with Crippen LogP contribution in [0.2, 0.25) is 5.02 Å². The quantitative estimate of drug-likeness (QED) is 0.539. The number of hydrogen-bond donors (Lipinski definition) is 2. The first-order valence-electron chi connectivity index (χ1n) is 8.63. The Hall–Kier alpha value is -3.03. The van der Waals surface area contributed by atoms with Gasteiger partial charge in [-0.1, -0.05) is 29.3 Å². The number of carbonyl (C=O) groups excluding carboxylic acids is 1. The number of aryl methyl sites for hydroxylation is 1. The van der Waals surface area contributed by atoms with E-state index < -0.39 is 16.0 Å². The fourth-order valence-electron chi connectivity index (χ4n) is 2.61. The molecule has 6 nitrogen and oxygen atoms in total. The van der Waals surface area contributed by atoms with Gasteiger partial charge in [-0.3, -0.25) is 4.72 Å². The highest BCUT2D eigenvalue weighted by molar-refractivity contribution is 7.92. The van der Waals surface area contributed by atoms with Crippen LogP contribution < -0.4 is 10.0 Å². The predicted molar refractivity (Wildman–Crippen MR) is 115 cm³/mol. The normalized spacial score (nSPS) is 11.0. The highest BCUT2D eigenvalue weighted by Gasteiger charge is 2.22. The van der Waals surface area contributed by atoms with Gasteiger partial charge in [0.05, 0.1) is 18.4 Å². The topological polar surface area (TPSA) is 84.5 Å². The molecular weight excluding hydrogens is 412 g/mol. The molecule has 150 valence electrons. The largest absolute Gasteiger partial charge is 0.465 e. The van der Waals surface area contributed by atoms with Crippen molar-refractivity contribution in [3.8, 4) is 0 Å². The van der Waals surface area contributed by atoms with Crippen LogP contribution in [-0.2, 0) is 14.8 Å². The van der Waals surface area contributed by atoms with Gasteiger partial charge in [-0.05, 0) is 61.5 Å². The number of carbonyl (C=O) groups is 1. The zero-order chi connectivity index (χ0) is 21.0. The van der Waals surface area contributed by atoms with E-state index in [1.54, 1.807) is 24.3 Å². The van der Waals surface area contributed by atoms with E-state index in [1.165, 1.54) is 25.3 Å². The van der Waals surface area contributed by atoms with Crippen molar-refractivity contribution in [2.75, 3.05) is 17.1 Å². The fourth-order valence-corrected chi connectivity index (χ4v) is 3.99. The molecule has 3 rings (SSSR count). The standard InChI is InChI=1S/C21H19ClN2O4S/c1-14-3-8-17(9-4-14)23-19-12-5-15(21(25)28-2)13-20(19)29(26,27)24-18-10-6-16(22)7-11-18/h3-13,23-24H,1-2H3. The number of ether oxygens (including phenoxy) is 1. The molecule has 29 heavy (non-hydrogen) atoms. The Morgan fingerprint density at radius 3 is 2.17 bits per heavy atom. The molecule has 0 saturated heterocycles. The summed E-state index contributed by atoms with van der Waals surface area (Å²) in [6.45, 7) is 1.96. The number of anilines is 3. The van der Waals surface area contributed by atoms with E-state index in [4.69, 9.17) is 16.3 Å². The molecular formula is C21H19ClN2O4S. The molecule has 0 aliphatic carbocycles. The lowest BCUT2D eigenvalue weighted by molar-refractivity contribution is 0.0600. The van der Waals surface area contributed by atoms with Crippen LogP contribution in [0.25, 0.3) is 0 Å². The molecule has 8 heteroatoms. The Bertz CT molecular complexity index is 1130. The third-order valence-electron chi connectivity index (χ3n) is 4.12. The minimum atomic E-state index is -4.01. The third-order valence-corrected chi connectivity index (χ3v) is 5.79. The minimum absolute atomic E-state index is 0.0871. The van der Waals surface area contributed by atoms with Gasteiger partial charge in [0.15, 0.2) is 0 Å². The van der Waals surface area contributed by atoms with Crippen LogP contribution in [0.3, 0.4) is 0 Å². The molecule has 0 aliphatic rings. The predicted octanol–water partition coefficient (Wildman–Crippen LogP) is 4.98. The second-order valence-corrected chi connectivity index (χ2v) is 8.39. The van der Waals surface area contributed by atoms with Crippen molar-refractivity contribution < 1.29 is 17.9 Å². The maximum absolute atomic E-state index is 13.1. The molecule has 0 fully saturated rings. The summed E-state index contributed by atoms with van der Waals surface area (Å²) in [5.74, 6) is -0.630. The molecule has 3 aromatic carbocycles. The van der Waals surface area contributed by atoms with Crippen LogP contribution in [0.5, 0.6) is 0 Å². The third kappa shape index (κ3) is 5.07. The summed E-state index contributed by atoms with van der Waals surface area (Å²) in [4.78, 5) is 11.8. The number of hydrogen-bond acceptors (Lipinski definition) is 5. The molecule has 0 aliphatic heterocycles. The van der Waals surface area contributed by atoms with Crippen LogP contribution >= 0.6 is 11.6 Å². The monoisotopic (exact) mass is 430 g/mol. The van der Waals surface area contributed by atoms with E-state index in [1.807, 2.05) is 31.2 Å². The van der Waals surface area contributed by atoms with E-state index in [-0.39, 0.29) is 10.5 Å². The van der Waals surface area contributed by atoms with E-state index in [2.05, 4.69) is 10.0 Å². The van der Waals surface area contributed by atoms with Crippen molar-refractivity contribution in [3.05, 3.63) is 82.9 Å². The average molecular weight is 431 g/mol. The molecule has 0 saturated carbocycles. The van der Waals surface area contributed by atoms with E-state index >= 15 is 0 Å². The summed E-state index contributed by atoms with van der Waals surface area (Å²) in [5, 5.41) is 3.58. The Labute approximate surface area is 174 Å². The number of halogens is 1. The number of esters is 1. The van der Waals surface area contributed by atoms with E-state index in [9.17, 15) is 13.2 Å². The van der Waals surface area contributed by atoms with Crippen LogP contribution in [0, 0.1) is 6.92 Å². The number of methoxy groups -OCH3 is 1. The molecule has 0 unspecified atom stereocenters. The van der Waals surface area contributed by atoms with Crippen LogP contribution in [0.1, 0.15) is 15.9 Å². The van der Waals surface area contributed by atoms with Crippen molar-refractivity contribution in [1.29, 1.82) is 0 Å². The number of benzene rings is 3. The minimum Gasteiger partial charge on any atom is -0.465 e. The van der Waals surface area contributed by atoms with Gasteiger partial charge in [-0.25, -0.2) is 13.2 Å². The van der Waals surface area contributed by atoms with Gasteiger partial charge in [0.2, 0.25) is 0 Å². The van der Waals surface area contributed by atoms with Gasteiger partial charge < -0.3 is 10.1 Å². The maximum atomic E-state index is 13.1. The molecule has 0 atom stereocenters. The van der Waals surface area contributed by atoms with Crippen molar-refractivity contribution in [1.82, 2.24) is 0 Å². The fraction of sp³-hybridized carbons (Fsp3) is 0.0952. The first-order valence-corrected chi connectivity index (χ1v) is 10.5. The summed E-state index contributed by atoms with van der Waals surface area (Å²) in [6, 6.07) is 18.1. The van der Waals surface area contributed by atoms with Crippen LogP contribution in [0.4, 0.5) is 17.1 Å². The Morgan fingerprint density at radius 2 is 1.55 bits per heavy atom. The van der Waals surface area contributed by atoms with Crippen molar-refractivity contribution >= 4 is 44.7 Å². The SMILES string of the molecule is COC(=O)c1ccc(Nc2ccc(C)cc2)c(S(=O)(=O)Nc2ccc(Cl)cc2)c1. The van der Waals surface area contributed by atoms with Crippen LogP contribution in [-0.4, -0.2) is 21.5 Å². The zero-order valence-electron chi connectivity index (χ0n) is 15.8. The molecule has 3 aromatic rings. The molecule has 0 spiro atoms. The molecule has 0 bridgehead atoms. The van der Waals surface area contributed by atoms with Gasteiger partial charge in [-0.15, -0.1) is 0 Å². The molecule has 0 heterocycles. The molecule has 0 aromatic heterocycles. The summed E-state index contributed by atoms with van der Waals surface area (Å²) in [6.07, 6.45) is 0. The zero-order valence-corrected chi connectivity index (χ0v) is 17.3. The highest BCUT2D eigenvalue weighted by Crippen LogP contribution is 2.29. The van der Waals surface area contributed by atoms with Gasteiger partial charge in [0.25, 0.3) is 10.0 Å². The first kappa shape index (κ1) is 20.7. The first-order chi connectivity index (χ1) is 13.8. The van der Waals surface area contributed by atoms with Crippen molar-refractivity contribution in [3.63, 3.8) is 0 Å². The Morgan fingerprint density at radius 1 is 0.931 bits per heavy atom. The summed E-state index contributed by atoms with van der Waals surface area (Å²) in [5.41, 5.74) is 2.58. The van der Waals surface area contributed by atoms with E-state index in [0.29, 0.717) is 22.1 Å². The van der Waals surface area contributed by atoms with E-state index in [0.717, 1.165) is 5.56 Å². The maximum Gasteiger partial charge on any atom is 0.337 e. The smallest absolute Gasteiger partial charge is 0.337 e. The second-order valence-electron chi connectivity index (χ2n) is 6.31. The lowest BCUT2D eigenvalue weighted by Crippen LogP contribution is -2.16. The van der Waals surface area contributed by atoms with Crippen LogP contribution in [0.15, 0.2) is 71.6 Å². The molecule has 0 amide bonds. The van der Waals surface area contributed by atoms with Gasteiger partial charge in [0, 0.05) is 16.4 Å². The second kappa shape index (κ2) is 8.55. The summed E-state index contributed by atoms with van der Waals surface area (Å²) >= 11 is 5.86. The lowest BCUT2D eigenvalue weighted by Gasteiger charge is -2.15. The van der Waals surface area contributed by atoms with Crippen molar-refractivity contribution in [2.45, 2.75) is 11.8 Å². The van der Waals surface area contributed by atoms with Gasteiger partial charge in [0.1, 0.15) is 4.90 Å². The highest BCUT2D eigenvalue weighted by atomic mass is 35.5. The average Bonchev–Trinajstić information content (AvgIpc) is 2.71. The Kier molecular flexibility index (Phi) is 6.10. The summed E-state index contributed by atoms with van der Waals surface area (Å²) in [7, 11) is -2.78. The molecule has 2 N–H and O–H groups in total. The number of nitrogens with one attached hydrogen (secondary N) is 2. The van der Waals surface area contributed by atoms with Gasteiger partial charge in [-0.2, -0.15) is 0 Å². The lowest BCUT2D eigenvalue weighted by atomic mass is 10.2. The number of rotatable bonds is 6. The van der Waals surface area contributed by atoms with Gasteiger partial charge >= 0.3 is 5.97 Å².